The predicted molar refractivity (Wildman–Crippen MR) is 80.5 cm³/mol. The Morgan fingerprint density at radius 3 is 2.44 bits per heavy atom. The highest BCUT2D eigenvalue weighted by Crippen LogP contribution is 2.22. The number of hydrogen-bond donors (Lipinski definition) is 0. The molecule has 1 heterocycles. The molecule has 0 bridgehead atoms. The van der Waals surface area contributed by atoms with E-state index in [0.29, 0.717) is 0 Å². The van der Waals surface area contributed by atoms with Gasteiger partial charge in [0.05, 0.1) is 4.88 Å². The summed E-state index contributed by atoms with van der Waals surface area (Å²) in [5, 5.41) is 0. The van der Waals surface area contributed by atoms with Gasteiger partial charge in [-0.3, -0.25) is 4.79 Å². The van der Waals surface area contributed by atoms with Gasteiger partial charge in [-0.15, -0.1) is 11.3 Å². The third-order valence-electron chi connectivity index (χ3n) is 3.37. The molecule has 1 rings (SSSR count). The van der Waals surface area contributed by atoms with Crippen molar-refractivity contribution >= 4 is 17.1 Å². The zero-order valence-corrected chi connectivity index (χ0v) is 13.0. The van der Waals surface area contributed by atoms with Crippen LogP contribution >= 0.6 is 11.3 Å². The highest BCUT2D eigenvalue weighted by molar-refractivity contribution is 7.14. The number of carbonyl (C=O) groups excluding carboxylic acids is 1. The summed E-state index contributed by atoms with van der Waals surface area (Å²) in [6.07, 6.45) is 6.40. The molecule has 0 aliphatic rings. The molecule has 0 N–H and O–H groups in total. The minimum absolute atomic E-state index is 0.191. The van der Waals surface area contributed by atoms with E-state index in [0.717, 1.165) is 23.1 Å². The lowest BCUT2D eigenvalue weighted by molar-refractivity contribution is 0.102. The van der Waals surface area contributed by atoms with E-state index in [1.54, 1.807) is 18.3 Å². The molecule has 0 fully saturated rings. The van der Waals surface area contributed by atoms with Gasteiger partial charge in [0.2, 0.25) is 0 Å². The maximum absolute atomic E-state index is 11.2. The van der Waals surface area contributed by atoms with E-state index < -0.39 is 0 Å². The summed E-state index contributed by atoms with van der Waals surface area (Å²) in [6, 6.07) is 4.08. The van der Waals surface area contributed by atoms with Crippen LogP contribution in [0, 0.1) is 11.8 Å². The van der Waals surface area contributed by atoms with E-state index in [1.165, 1.54) is 30.6 Å². The highest BCUT2D eigenvalue weighted by Gasteiger charge is 2.07. The van der Waals surface area contributed by atoms with Crippen molar-refractivity contribution in [2.24, 2.45) is 11.8 Å². The van der Waals surface area contributed by atoms with Crippen molar-refractivity contribution < 1.29 is 4.79 Å². The van der Waals surface area contributed by atoms with Crippen molar-refractivity contribution in [1.82, 2.24) is 0 Å². The number of ketones is 1. The fourth-order valence-electron chi connectivity index (χ4n) is 2.11. The van der Waals surface area contributed by atoms with Crippen molar-refractivity contribution in [3.05, 3.63) is 21.9 Å². The van der Waals surface area contributed by atoms with Crippen molar-refractivity contribution in [1.29, 1.82) is 0 Å². The Morgan fingerprint density at radius 2 is 1.89 bits per heavy atom. The van der Waals surface area contributed by atoms with Gasteiger partial charge in [-0.1, -0.05) is 40.0 Å². The molecule has 0 aromatic carbocycles. The third-order valence-corrected chi connectivity index (χ3v) is 4.62. The minimum atomic E-state index is 0.191. The van der Waals surface area contributed by atoms with Gasteiger partial charge in [0.15, 0.2) is 5.78 Å². The summed E-state index contributed by atoms with van der Waals surface area (Å²) in [7, 11) is 0. The topological polar surface area (TPSA) is 17.1 Å². The molecule has 1 nitrogen and oxygen atoms in total. The summed E-state index contributed by atoms with van der Waals surface area (Å²) < 4.78 is 0. The van der Waals surface area contributed by atoms with Crippen LogP contribution in [0.5, 0.6) is 0 Å². The molecule has 0 spiro atoms. The first kappa shape index (κ1) is 15.4. The minimum Gasteiger partial charge on any atom is -0.294 e. The molecule has 0 saturated heterocycles. The Morgan fingerprint density at radius 1 is 1.17 bits per heavy atom. The van der Waals surface area contributed by atoms with Gasteiger partial charge in [0.25, 0.3) is 0 Å². The lowest BCUT2D eigenvalue weighted by Crippen LogP contribution is -1.98. The van der Waals surface area contributed by atoms with Gasteiger partial charge in [0.1, 0.15) is 0 Å². The maximum atomic E-state index is 11.2. The molecular formula is C16H26OS. The molecule has 1 unspecified atom stereocenters. The summed E-state index contributed by atoms with van der Waals surface area (Å²) in [6.45, 7) is 8.57. The molecule has 0 saturated carbocycles. The van der Waals surface area contributed by atoms with Crippen molar-refractivity contribution in [3.63, 3.8) is 0 Å². The third kappa shape index (κ3) is 5.81. The number of aryl methyl sites for hydroxylation is 1. The first-order chi connectivity index (χ1) is 8.49. The Kier molecular flexibility index (Phi) is 6.62. The summed E-state index contributed by atoms with van der Waals surface area (Å²) in [5.74, 6) is 1.82. The molecule has 102 valence electrons. The first-order valence-electron chi connectivity index (χ1n) is 7.08. The highest BCUT2D eigenvalue weighted by atomic mass is 32.1. The second-order valence-corrected chi connectivity index (χ2v) is 6.96. The molecule has 0 amide bonds. The van der Waals surface area contributed by atoms with Gasteiger partial charge < -0.3 is 0 Å². The number of hydrogen-bond acceptors (Lipinski definition) is 2. The number of rotatable bonds is 8. The summed E-state index contributed by atoms with van der Waals surface area (Å²) in [4.78, 5) is 13.5. The van der Waals surface area contributed by atoms with Crippen molar-refractivity contribution in [2.75, 3.05) is 0 Å². The summed E-state index contributed by atoms with van der Waals surface area (Å²) in [5.41, 5.74) is 0. The number of thiophene rings is 1. The second kappa shape index (κ2) is 7.73. The van der Waals surface area contributed by atoms with E-state index in [1.807, 2.05) is 6.07 Å². The Balaban J connectivity index is 2.24. The van der Waals surface area contributed by atoms with Crippen molar-refractivity contribution in [3.8, 4) is 0 Å². The van der Waals surface area contributed by atoms with Crippen LogP contribution in [-0.2, 0) is 6.42 Å². The first-order valence-corrected chi connectivity index (χ1v) is 7.90. The van der Waals surface area contributed by atoms with Crippen molar-refractivity contribution in [2.45, 2.75) is 59.8 Å². The normalized spacial score (nSPS) is 12.9. The van der Waals surface area contributed by atoms with Gasteiger partial charge >= 0.3 is 0 Å². The van der Waals surface area contributed by atoms with E-state index in [4.69, 9.17) is 0 Å². The average Bonchev–Trinajstić information content (AvgIpc) is 2.74. The molecule has 0 aliphatic heterocycles. The van der Waals surface area contributed by atoms with E-state index in [9.17, 15) is 4.79 Å². The maximum Gasteiger partial charge on any atom is 0.169 e. The summed E-state index contributed by atoms with van der Waals surface area (Å²) >= 11 is 1.66. The van der Waals surface area contributed by atoms with Gasteiger partial charge in [-0.05, 0) is 43.7 Å². The van der Waals surface area contributed by atoms with Crippen LogP contribution in [0.25, 0.3) is 0 Å². The van der Waals surface area contributed by atoms with Crippen LogP contribution in [0.15, 0.2) is 12.1 Å². The Labute approximate surface area is 116 Å². The molecule has 1 aromatic heterocycles. The van der Waals surface area contributed by atoms with E-state index in [-0.39, 0.29) is 5.78 Å². The lowest BCUT2D eigenvalue weighted by atomic mass is 9.96. The zero-order valence-electron chi connectivity index (χ0n) is 12.2. The van der Waals surface area contributed by atoms with Crippen LogP contribution in [-0.4, -0.2) is 5.78 Å². The second-order valence-electron chi connectivity index (χ2n) is 5.79. The van der Waals surface area contributed by atoms with Crippen LogP contribution in [0.1, 0.15) is 67.9 Å². The smallest absolute Gasteiger partial charge is 0.169 e. The molecule has 1 atom stereocenters. The monoisotopic (exact) mass is 266 g/mol. The Bertz CT molecular complexity index is 365. The zero-order chi connectivity index (χ0) is 13.5. The molecular weight excluding hydrogens is 240 g/mol. The number of Topliss-reactive ketones (excluding diaryl/α,β-unsaturated/α-hetero) is 1. The average molecular weight is 266 g/mol. The van der Waals surface area contributed by atoms with E-state index in [2.05, 4.69) is 26.8 Å². The number of carbonyl (C=O) groups is 1. The van der Waals surface area contributed by atoms with Gasteiger partial charge in [0, 0.05) is 4.88 Å². The van der Waals surface area contributed by atoms with Crippen LogP contribution in [0.4, 0.5) is 0 Å². The predicted octanol–water partition coefficient (Wildman–Crippen LogP) is 5.35. The van der Waals surface area contributed by atoms with Gasteiger partial charge in [-0.2, -0.15) is 0 Å². The fourth-order valence-corrected chi connectivity index (χ4v) is 3.03. The van der Waals surface area contributed by atoms with Gasteiger partial charge in [-0.25, -0.2) is 0 Å². The van der Waals surface area contributed by atoms with Crippen LogP contribution in [0.2, 0.25) is 0 Å². The Hall–Kier alpha value is -0.630. The molecule has 0 aliphatic carbocycles. The molecule has 2 heteroatoms. The molecule has 0 radical (unpaired) electrons. The SMILES string of the molecule is CC(=O)c1ccc(CCC(C)CCCC(C)C)s1. The molecule has 18 heavy (non-hydrogen) atoms. The van der Waals surface area contributed by atoms with Crippen LogP contribution in [0.3, 0.4) is 0 Å². The quantitative estimate of drug-likeness (QED) is 0.580. The van der Waals surface area contributed by atoms with E-state index >= 15 is 0 Å². The lowest BCUT2D eigenvalue weighted by Gasteiger charge is -2.11. The fraction of sp³-hybridized carbons (Fsp3) is 0.688. The largest absolute Gasteiger partial charge is 0.294 e. The van der Waals surface area contributed by atoms with Crippen LogP contribution < -0.4 is 0 Å². The standard InChI is InChI=1S/C16H26OS/c1-12(2)6-5-7-13(3)8-9-15-10-11-16(18-15)14(4)17/h10-13H,5-9H2,1-4H3. The molecule has 1 aromatic rings.